The van der Waals surface area contributed by atoms with E-state index < -0.39 is 5.54 Å². The fraction of sp³-hybridized carbons (Fsp3) is 0.429. The molecule has 186 valence electrons. The fourth-order valence-corrected chi connectivity index (χ4v) is 4.81. The van der Waals surface area contributed by atoms with Gasteiger partial charge in [0.2, 0.25) is 5.91 Å². The SMILES string of the molecule is COc1ccc(CCN2C(=O)c3cc4ccccc4n3CC2(C)C(=O)NCCC(C)C)c(OC)c1. The third-order valence-corrected chi connectivity index (χ3v) is 6.93. The Morgan fingerprint density at radius 3 is 2.60 bits per heavy atom. The second-order valence-electron chi connectivity index (χ2n) is 9.77. The number of benzene rings is 2. The summed E-state index contributed by atoms with van der Waals surface area (Å²) in [5.74, 6) is 1.62. The molecular formula is C28H35N3O4. The number of hydrogen-bond donors (Lipinski definition) is 1. The summed E-state index contributed by atoms with van der Waals surface area (Å²) in [6.45, 7) is 7.50. The van der Waals surface area contributed by atoms with Crippen molar-refractivity contribution in [2.45, 2.75) is 45.7 Å². The van der Waals surface area contributed by atoms with Crippen LogP contribution in [-0.2, 0) is 17.8 Å². The molecule has 0 bridgehead atoms. The van der Waals surface area contributed by atoms with Crippen molar-refractivity contribution in [2.24, 2.45) is 5.92 Å². The van der Waals surface area contributed by atoms with Crippen LogP contribution < -0.4 is 14.8 Å². The number of rotatable bonds is 9. The summed E-state index contributed by atoms with van der Waals surface area (Å²) in [4.78, 5) is 29.2. The van der Waals surface area contributed by atoms with Crippen molar-refractivity contribution in [1.82, 2.24) is 14.8 Å². The lowest BCUT2D eigenvalue weighted by atomic mass is 9.93. The van der Waals surface area contributed by atoms with Gasteiger partial charge in [0.05, 0.1) is 20.8 Å². The quantitative estimate of drug-likeness (QED) is 0.499. The molecule has 0 spiro atoms. The van der Waals surface area contributed by atoms with Crippen molar-refractivity contribution < 1.29 is 19.1 Å². The van der Waals surface area contributed by atoms with Crippen LogP contribution in [0.3, 0.4) is 0 Å². The van der Waals surface area contributed by atoms with E-state index in [9.17, 15) is 9.59 Å². The third kappa shape index (κ3) is 4.72. The van der Waals surface area contributed by atoms with Crippen LogP contribution in [0.1, 0.15) is 43.2 Å². The van der Waals surface area contributed by atoms with Crippen molar-refractivity contribution in [3.8, 4) is 11.5 Å². The molecule has 1 aromatic heterocycles. The lowest BCUT2D eigenvalue weighted by Crippen LogP contribution is -2.64. The maximum atomic E-state index is 13.8. The molecule has 2 amide bonds. The van der Waals surface area contributed by atoms with Crippen LogP contribution in [0.25, 0.3) is 10.9 Å². The van der Waals surface area contributed by atoms with E-state index in [0.717, 1.165) is 22.9 Å². The number of methoxy groups -OCH3 is 2. The molecule has 0 fully saturated rings. The van der Waals surface area contributed by atoms with Gasteiger partial charge in [0, 0.05) is 30.1 Å². The second kappa shape index (κ2) is 10.0. The Balaban J connectivity index is 1.68. The normalized spacial score (nSPS) is 17.5. The van der Waals surface area contributed by atoms with Crippen LogP contribution in [0, 0.1) is 5.92 Å². The van der Waals surface area contributed by atoms with Gasteiger partial charge in [-0.15, -0.1) is 0 Å². The van der Waals surface area contributed by atoms with E-state index in [4.69, 9.17) is 9.47 Å². The minimum Gasteiger partial charge on any atom is -0.497 e. The number of fused-ring (bicyclic) bond motifs is 3. The zero-order valence-electron chi connectivity index (χ0n) is 21.3. The van der Waals surface area contributed by atoms with Gasteiger partial charge < -0.3 is 24.3 Å². The number of nitrogens with one attached hydrogen (secondary N) is 1. The zero-order valence-corrected chi connectivity index (χ0v) is 21.3. The van der Waals surface area contributed by atoms with E-state index in [1.54, 1.807) is 19.1 Å². The van der Waals surface area contributed by atoms with Gasteiger partial charge in [0.25, 0.3) is 5.91 Å². The maximum absolute atomic E-state index is 13.8. The smallest absolute Gasteiger partial charge is 0.271 e. The molecule has 35 heavy (non-hydrogen) atoms. The van der Waals surface area contributed by atoms with E-state index in [-0.39, 0.29) is 11.8 Å². The lowest BCUT2D eigenvalue weighted by molar-refractivity contribution is -0.132. The maximum Gasteiger partial charge on any atom is 0.271 e. The van der Waals surface area contributed by atoms with Crippen LogP contribution in [0.15, 0.2) is 48.5 Å². The Kier molecular flexibility index (Phi) is 7.05. The lowest BCUT2D eigenvalue weighted by Gasteiger charge is -2.44. The van der Waals surface area contributed by atoms with Crippen LogP contribution in [0.2, 0.25) is 0 Å². The molecule has 1 aliphatic heterocycles. The molecular weight excluding hydrogens is 442 g/mol. The summed E-state index contributed by atoms with van der Waals surface area (Å²) in [6, 6.07) is 15.5. The predicted molar refractivity (Wildman–Crippen MR) is 137 cm³/mol. The molecule has 0 saturated carbocycles. The molecule has 1 unspecified atom stereocenters. The zero-order chi connectivity index (χ0) is 25.2. The number of para-hydroxylation sites is 1. The summed E-state index contributed by atoms with van der Waals surface area (Å²) in [6.07, 6.45) is 1.44. The first-order chi connectivity index (χ1) is 16.8. The average molecular weight is 478 g/mol. The van der Waals surface area contributed by atoms with E-state index >= 15 is 0 Å². The van der Waals surface area contributed by atoms with Gasteiger partial charge in [-0.05, 0) is 49.4 Å². The van der Waals surface area contributed by atoms with E-state index in [1.807, 2.05) is 60.0 Å². The van der Waals surface area contributed by atoms with Gasteiger partial charge >= 0.3 is 0 Å². The average Bonchev–Trinajstić information content (AvgIpc) is 3.22. The third-order valence-electron chi connectivity index (χ3n) is 6.93. The van der Waals surface area contributed by atoms with Crippen LogP contribution in [-0.4, -0.2) is 54.1 Å². The van der Waals surface area contributed by atoms with Gasteiger partial charge in [0.15, 0.2) is 0 Å². The number of aromatic nitrogens is 1. The molecule has 0 aliphatic carbocycles. The molecule has 4 rings (SSSR count). The first-order valence-corrected chi connectivity index (χ1v) is 12.2. The summed E-state index contributed by atoms with van der Waals surface area (Å²) in [5, 5.41) is 4.09. The largest absolute Gasteiger partial charge is 0.497 e. The van der Waals surface area contributed by atoms with Crippen LogP contribution in [0.5, 0.6) is 11.5 Å². The van der Waals surface area contributed by atoms with Gasteiger partial charge in [-0.2, -0.15) is 0 Å². The standard InChI is InChI=1S/C28H35N3O4/c1-19(2)12-14-29-27(33)28(3)18-30-23-9-7-6-8-21(23)16-24(30)26(32)31(28)15-13-20-10-11-22(34-4)17-25(20)35-5/h6-11,16-17,19H,12-15,18H2,1-5H3,(H,29,33). The minimum atomic E-state index is -1.03. The Labute approximate surface area is 207 Å². The first-order valence-electron chi connectivity index (χ1n) is 12.2. The Morgan fingerprint density at radius 2 is 1.89 bits per heavy atom. The molecule has 0 radical (unpaired) electrons. The number of ether oxygens (including phenoxy) is 2. The first kappa shape index (κ1) is 24.6. The molecule has 2 heterocycles. The van der Waals surface area contributed by atoms with Gasteiger partial charge in [-0.1, -0.05) is 38.1 Å². The van der Waals surface area contributed by atoms with Crippen molar-refractivity contribution in [3.05, 3.63) is 59.8 Å². The Morgan fingerprint density at radius 1 is 1.11 bits per heavy atom. The fourth-order valence-electron chi connectivity index (χ4n) is 4.81. The summed E-state index contributed by atoms with van der Waals surface area (Å²) in [7, 11) is 3.23. The highest BCUT2D eigenvalue weighted by molar-refractivity contribution is 6.03. The Bertz CT molecular complexity index is 1230. The summed E-state index contributed by atoms with van der Waals surface area (Å²) in [5.41, 5.74) is 1.51. The van der Waals surface area contributed by atoms with Crippen LogP contribution in [0.4, 0.5) is 0 Å². The number of carbonyl (C=O) groups excluding carboxylic acids is 2. The Hall–Kier alpha value is -3.48. The van der Waals surface area contributed by atoms with Gasteiger partial charge in [-0.25, -0.2) is 0 Å². The summed E-state index contributed by atoms with van der Waals surface area (Å²) >= 11 is 0. The highest BCUT2D eigenvalue weighted by Gasteiger charge is 2.47. The van der Waals surface area contributed by atoms with Crippen molar-refractivity contribution in [1.29, 1.82) is 0 Å². The molecule has 1 atom stereocenters. The molecule has 7 nitrogen and oxygen atoms in total. The highest BCUT2D eigenvalue weighted by Crippen LogP contribution is 2.33. The second-order valence-corrected chi connectivity index (χ2v) is 9.77. The van der Waals surface area contributed by atoms with Crippen molar-refractivity contribution >= 4 is 22.7 Å². The molecule has 1 N–H and O–H groups in total. The van der Waals surface area contributed by atoms with Crippen LogP contribution >= 0.6 is 0 Å². The van der Waals surface area contributed by atoms with Gasteiger partial charge in [0.1, 0.15) is 22.7 Å². The minimum absolute atomic E-state index is 0.128. The van der Waals surface area contributed by atoms with Crippen molar-refractivity contribution in [3.63, 3.8) is 0 Å². The number of amides is 2. The van der Waals surface area contributed by atoms with E-state index in [2.05, 4.69) is 19.2 Å². The topological polar surface area (TPSA) is 72.8 Å². The number of nitrogens with zero attached hydrogens (tertiary/aromatic N) is 2. The van der Waals surface area contributed by atoms with E-state index in [0.29, 0.717) is 49.2 Å². The summed E-state index contributed by atoms with van der Waals surface area (Å²) < 4.78 is 12.9. The highest BCUT2D eigenvalue weighted by atomic mass is 16.5. The predicted octanol–water partition coefficient (Wildman–Crippen LogP) is 4.28. The van der Waals surface area contributed by atoms with Gasteiger partial charge in [-0.3, -0.25) is 9.59 Å². The number of hydrogen-bond acceptors (Lipinski definition) is 4. The molecule has 1 aliphatic rings. The molecule has 0 saturated heterocycles. The monoisotopic (exact) mass is 477 g/mol. The van der Waals surface area contributed by atoms with E-state index in [1.165, 1.54) is 0 Å². The molecule has 7 heteroatoms. The van der Waals surface area contributed by atoms with Crippen molar-refractivity contribution in [2.75, 3.05) is 27.3 Å². The molecule has 3 aromatic rings. The number of carbonyl (C=O) groups is 2. The molecule has 2 aromatic carbocycles.